The number of rotatable bonds is 4. The van der Waals surface area contributed by atoms with Crippen molar-refractivity contribution in [2.45, 2.75) is 32.4 Å². The fourth-order valence-corrected chi connectivity index (χ4v) is 3.14. The number of carbonyl (C=O) groups is 1. The SMILES string of the molecule is C[C@H]1C[C@@H](C(=O)Nc2cccn(Cc3ccccc3)c2=O)CCN1.Cl. The van der Waals surface area contributed by atoms with Crippen molar-refractivity contribution >= 4 is 24.0 Å². The molecule has 1 fully saturated rings. The highest BCUT2D eigenvalue weighted by atomic mass is 35.5. The molecule has 2 atom stereocenters. The molecule has 0 radical (unpaired) electrons. The number of hydrogen-bond donors (Lipinski definition) is 2. The van der Waals surface area contributed by atoms with Gasteiger partial charge in [0.2, 0.25) is 5.91 Å². The van der Waals surface area contributed by atoms with Gasteiger partial charge < -0.3 is 15.2 Å². The molecule has 0 saturated carbocycles. The lowest BCUT2D eigenvalue weighted by atomic mass is 9.92. The van der Waals surface area contributed by atoms with Crippen molar-refractivity contribution in [3.63, 3.8) is 0 Å². The minimum absolute atomic E-state index is 0. The van der Waals surface area contributed by atoms with Crippen molar-refractivity contribution in [2.24, 2.45) is 5.92 Å². The largest absolute Gasteiger partial charge is 0.321 e. The Balaban J connectivity index is 0.00000225. The average Bonchev–Trinajstić information content (AvgIpc) is 2.59. The van der Waals surface area contributed by atoms with Crippen LogP contribution in [0, 0.1) is 5.92 Å². The molecule has 0 aliphatic carbocycles. The Bertz CT molecular complexity index is 761. The molecule has 2 aromatic rings. The molecule has 1 aromatic carbocycles. The first-order chi connectivity index (χ1) is 11.6. The molecule has 0 unspecified atom stereocenters. The Labute approximate surface area is 153 Å². The van der Waals surface area contributed by atoms with Crippen molar-refractivity contribution < 1.29 is 4.79 Å². The number of amides is 1. The second-order valence-corrected chi connectivity index (χ2v) is 6.41. The first kappa shape index (κ1) is 19.2. The topological polar surface area (TPSA) is 63.1 Å². The molecule has 134 valence electrons. The maximum Gasteiger partial charge on any atom is 0.274 e. The molecular formula is C19H24ClN3O2. The van der Waals surface area contributed by atoms with Crippen LogP contribution in [0.3, 0.4) is 0 Å². The van der Waals surface area contributed by atoms with Gasteiger partial charge in [-0.15, -0.1) is 12.4 Å². The smallest absolute Gasteiger partial charge is 0.274 e. The van der Waals surface area contributed by atoms with Gasteiger partial charge in [0.25, 0.3) is 5.56 Å². The van der Waals surface area contributed by atoms with E-state index in [0.29, 0.717) is 18.3 Å². The molecule has 1 aromatic heterocycles. The number of aromatic nitrogens is 1. The lowest BCUT2D eigenvalue weighted by Crippen LogP contribution is -2.40. The van der Waals surface area contributed by atoms with Crippen molar-refractivity contribution in [1.82, 2.24) is 9.88 Å². The van der Waals surface area contributed by atoms with Crippen LogP contribution in [0.15, 0.2) is 53.5 Å². The van der Waals surface area contributed by atoms with Crippen LogP contribution in [0.2, 0.25) is 0 Å². The van der Waals surface area contributed by atoms with Gasteiger partial charge in [-0.05, 0) is 44.0 Å². The fourth-order valence-electron chi connectivity index (χ4n) is 3.14. The second kappa shape index (κ2) is 8.83. The van der Waals surface area contributed by atoms with Gasteiger partial charge in [-0.1, -0.05) is 30.3 Å². The standard InChI is InChI=1S/C19H23N3O2.ClH/c1-14-12-16(9-10-20-14)18(23)21-17-8-5-11-22(19(17)24)13-15-6-3-2-4-7-15;/h2-8,11,14,16,20H,9-10,12-13H2,1H3,(H,21,23);1H/t14-,16-;/m0./s1. The number of pyridine rings is 1. The number of hydrogen-bond acceptors (Lipinski definition) is 3. The zero-order chi connectivity index (χ0) is 16.9. The van der Waals surface area contributed by atoms with Crippen LogP contribution in [0.5, 0.6) is 0 Å². The Morgan fingerprint density at radius 2 is 2.00 bits per heavy atom. The Morgan fingerprint density at radius 3 is 2.72 bits per heavy atom. The highest BCUT2D eigenvalue weighted by molar-refractivity contribution is 5.92. The monoisotopic (exact) mass is 361 g/mol. The molecule has 2 heterocycles. The van der Waals surface area contributed by atoms with Crippen molar-refractivity contribution in [3.8, 4) is 0 Å². The third-order valence-electron chi connectivity index (χ3n) is 4.47. The first-order valence-electron chi connectivity index (χ1n) is 8.41. The summed E-state index contributed by atoms with van der Waals surface area (Å²) in [5.41, 5.74) is 1.23. The summed E-state index contributed by atoms with van der Waals surface area (Å²) in [5, 5.41) is 6.16. The van der Waals surface area contributed by atoms with Crippen LogP contribution in [0.25, 0.3) is 0 Å². The van der Waals surface area contributed by atoms with Gasteiger partial charge >= 0.3 is 0 Å². The summed E-state index contributed by atoms with van der Waals surface area (Å²) < 4.78 is 1.62. The number of nitrogens with zero attached hydrogens (tertiary/aromatic N) is 1. The lowest BCUT2D eigenvalue weighted by Gasteiger charge is -2.27. The molecule has 1 saturated heterocycles. The molecule has 25 heavy (non-hydrogen) atoms. The molecule has 1 aliphatic heterocycles. The van der Waals surface area contributed by atoms with E-state index < -0.39 is 0 Å². The Kier molecular flexibility index (Phi) is 6.79. The first-order valence-corrected chi connectivity index (χ1v) is 8.41. The molecule has 1 aliphatic rings. The number of halogens is 1. The van der Waals surface area contributed by atoms with E-state index in [1.165, 1.54) is 0 Å². The number of benzene rings is 1. The second-order valence-electron chi connectivity index (χ2n) is 6.41. The minimum Gasteiger partial charge on any atom is -0.321 e. The number of carbonyl (C=O) groups excluding carboxylic acids is 1. The minimum atomic E-state index is -0.170. The van der Waals surface area contributed by atoms with Gasteiger partial charge in [-0.3, -0.25) is 9.59 Å². The zero-order valence-electron chi connectivity index (χ0n) is 14.3. The zero-order valence-corrected chi connectivity index (χ0v) is 15.1. The Hall–Kier alpha value is -2.11. The van der Waals surface area contributed by atoms with Crippen molar-refractivity contribution in [3.05, 3.63) is 64.6 Å². The summed E-state index contributed by atoms with van der Waals surface area (Å²) in [6.07, 6.45) is 3.36. The summed E-state index contributed by atoms with van der Waals surface area (Å²) in [4.78, 5) is 25.0. The molecule has 5 nitrogen and oxygen atoms in total. The van der Waals surface area contributed by atoms with Gasteiger partial charge in [0.05, 0.1) is 6.54 Å². The maximum atomic E-state index is 12.6. The van der Waals surface area contributed by atoms with E-state index in [2.05, 4.69) is 17.6 Å². The normalized spacial score (nSPS) is 19.7. The van der Waals surface area contributed by atoms with Crippen LogP contribution in [0.1, 0.15) is 25.3 Å². The number of piperidine rings is 1. The van der Waals surface area contributed by atoms with E-state index in [9.17, 15) is 9.59 Å². The van der Waals surface area contributed by atoms with Gasteiger partial charge in [-0.25, -0.2) is 0 Å². The summed E-state index contributed by atoms with van der Waals surface area (Å²) in [6.45, 7) is 3.41. The van der Waals surface area contributed by atoms with Crippen molar-refractivity contribution in [2.75, 3.05) is 11.9 Å². The molecule has 3 rings (SSSR count). The van der Waals surface area contributed by atoms with Gasteiger partial charge in [0.15, 0.2) is 0 Å². The predicted octanol–water partition coefficient (Wildman–Crippen LogP) is 2.65. The summed E-state index contributed by atoms with van der Waals surface area (Å²) >= 11 is 0. The quantitative estimate of drug-likeness (QED) is 0.880. The fraction of sp³-hybridized carbons (Fsp3) is 0.368. The molecule has 2 N–H and O–H groups in total. The molecule has 0 spiro atoms. The number of nitrogens with one attached hydrogen (secondary N) is 2. The summed E-state index contributed by atoms with van der Waals surface area (Å²) in [5.74, 6) is -0.0960. The van der Waals surface area contributed by atoms with Crippen LogP contribution < -0.4 is 16.2 Å². The van der Waals surface area contributed by atoms with E-state index in [1.807, 2.05) is 30.3 Å². The Morgan fingerprint density at radius 1 is 1.24 bits per heavy atom. The maximum absolute atomic E-state index is 12.6. The highest BCUT2D eigenvalue weighted by Crippen LogP contribution is 2.17. The van der Waals surface area contributed by atoms with Gasteiger partial charge in [-0.2, -0.15) is 0 Å². The van der Waals surface area contributed by atoms with Crippen LogP contribution in [-0.4, -0.2) is 23.1 Å². The molecule has 0 bridgehead atoms. The van der Waals surface area contributed by atoms with E-state index in [0.717, 1.165) is 24.9 Å². The van der Waals surface area contributed by atoms with Crippen LogP contribution in [0.4, 0.5) is 5.69 Å². The summed E-state index contributed by atoms with van der Waals surface area (Å²) in [7, 11) is 0. The van der Waals surface area contributed by atoms with E-state index in [1.54, 1.807) is 22.9 Å². The average molecular weight is 362 g/mol. The van der Waals surface area contributed by atoms with Crippen molar-refractivity contribution in [1.29, 1.82) is 0 Å². The molecule has 1 amide bonds. The predicted molar refractivity (Wildman–Crippen MR) is 102 cm³/mol. The summed E-state index contributed by atoms with van der Waals surface area (Å²) in [6, 6.07) is 13.6. The third-order valence-corrected chi connectivity index (χ3v) is 4.47. The highest BCUT2D eigenvalue weighted by Gasteiger charge is 2.25. The van der Waals surface area contributed by atoms with E-state index in [4.69, 9.17) is 0 Å². The molecular weight excluding hydrogens is 338 g/mol. The van der Waals surface area contributed by atoms with Crippen LogP contribution in [-0.2, 0) is 11.3 Å². The van der Waals surface area contributed by atoms with E-state index >= 15 is 0 Å². The lowest BCUT2D eigenvalue weighted by molar-refractivity contribution is -0.120. The van der Waals surface area contributed by atoms with Crippen LogP contribution >= 0.6 is 12.4 Å². The van der Waals surface area contributed by atoms with Gasteiger partial charge in [0, 0.05) is 18.2 Å². The van der Waals surface area contributed by atoms with Gasteiger partial charge in [0.1, 0.15) is 5.69 Å². The number of anilines is 1. The third kappa shape index (κ3) is 4.94. The van der Waals surface area contributed by atoms with E-state index in [-0.39, 0.29) is 29.8 Å². The molecule has 6 heteroatoms.